The van der Waals surface area contributed by atoms with E-state index in [4.69, 9.17) is 0 Å². The Balaban J connectivity index is 2.02. The van der Waals surface area contributed by atoms with E-state index in [-0.39, 0.29) is 5.69 Å². The van der Waals surface area contributed by atoms with Crippen molar-refractivity contribution >= 4 is 33.4 Å². The molecule has 0 spiro atoms. The molecule has 0 saturated carbocycles. The number of nitrogens with zero attached hydrogens (tertiary/aromatic N) is 5. The minimum Gasteiger partial charge on any atom is -0.302 e. The molecule has 0 bridgehead atoms. The third kappa shape index (κ3) is 3.88. The van der Waals surface area contributed by atoms with E-state index in [1.165, 1.54) is 17.8 Å². The molecule has 0 aliphatic carbocycles. The summed E-state index contributed by atoms with van der Waals surface area (Å²) in [5.41, 5.74) is 0.948. The topological polar surface area (TPSA) is 86.7 Å². The number of halogens is 1. The summed E-state index contributed by atoms with van der Waals surface area (Å²) in [6.45, 7) is 2.78. The Labute approximate surface area is 156 Å². The second-order valence-electron chi connectivity index (χ2n) is 5.16. The molecule has 0 amide bonds. The van der Waals surface area contributed by atoms with Crippen LogP contribution in [0.25, 0.3) is 11.4 Å². The van der Waals surface area contributed by atoms with E-state index in [1.54, 1.807) is 24.5 Å². The van der Waals surface area contributed by atoms with Gasteiger partial charge in [0.05, 0.1) is 9.82 Å². The van der Waals surface area contributed by atoms with Crippen LogP contribution in [0.5, 0.6) is 0 Å². The molecule has 0 atom stereocenters. The molecule has 9 heteroatoms. The Kier molecular flexibility index (Phi) is 5.44. The van der Waals surface area contributed by atoms with Gasteiger partial charge in [-0.05, 0) is 42.4 Å². The largest absolute Gasteiger partial charge is 0.302 e. The second kappa shape index (κ2) is 7.75. The van der Waals surface area contributed by atoms with Crippen LogP contribution in [-0.4, -0.2) is 24.7 Å². The number of nitro benzene ring substituents is 1. The summed E-state index contributed by atoms with van der Waals surface area (Å²) in [6.07, 6.45) is 4.30. The van der Waals surface area contributed by atoms with Gasteiger partial charge in [0.1, 0.15) is 0 Å². The Morgan fingerprint density at radius 1 is 1.24 bits per heavy atom. The van der Waals surface area contributed by atoms with E-state index < -0.39 is 4.92 Å². The maximum Gasteiger partial charge on any atom is 0.284 e. The molecule has 7 nitrogen and oxygen atoms in total. The van der Waals surface area contributed by atoms with E-state index in [2.05, 4.69) is 38.0 Å². The van der Waals surface area contributed by atoms with Crippen LogP contribution in [0.15, 0.2) is 57.3 Å². The highest BCUT2D eigenvalue weighted by Gasteiger charge is 2.20. The quantitative estimate of drug-likeness (QED) is 0.429. The Morgan fingerprint density at radius 2 is 2.00 bits per heavy atom. The minimum atomic E-state index is -0.391. The van der Waals surface area contributed by atoms with Crippen molar-refractivity contribution < 1.29 is 4.92 Å². The second-order valence-corrected chi connectivity index (χ2v) is 7.09. The third-order valence-electron chi connectivity index (χ3n) is 3.42. The van der Waals surface area contributed by atoms with Crippen molar-refractivity contribution in [1.82, 2.24) is 19.7 Å². The molecule has 128 valence electrons. The Bertz CT molecular complexity index is 901. The highest BCUT2D eigenvalue weighted by molar-refractivity contribution is 9.10. The fraction of sp³-hybridized carbons (Fsp3) is 0.188. The summed E-state index contributed by atoms with van der Waals surface area (Å²) in [5.74, 6) is 0.728. The minimum absolute atomic E-state index is 0.0379. The maximum absolute atomic E-state index is 11.3. The van der Waals surface area contributed by atoms with Crippen LogP contribution in [0.3, 0.4) is 0 Å². The fourth-order valence-corrected chi connectivity index (χ4v) is 3.61. The average molecular weight is 420 g/mol. The zero-order valence-corrected chi connectivity index (χ0v) is 15.7. The molecule has 0 fully saturated rings. The van der Waals surface area contributed by atoms with Crippen LogP contribution in [0.4, 0.5) is 5.69 Å². The number of hydrogen-bond acceptors (Lipinski definition) is 6. The first kappa shape index (κ1) is 17.6. The van der Waals surface area contributed by atoms with Gasteiger partial charge in [-0.2, -0.15) is 0 Å². The molecule has 3 rings (SSSR count). The van der Waals surface area contributed by atoms with Crippen LogP contribution in [-0.2, 0) is 6.54 Å². The van der Waals surface area contributed by atoms with Crippen molar-refractivity contribution in [3.05, 3.63) is 57.3 Å². The van der Waals surface area contributed by atoms with E-state index in [9.17, 15) is 10.1 Å². The van der Waals surface area contributed by atoms with Crippen LogP contribution < -0.4 is 0 Å². The summed E-state index contributed by atoms with van der Waals surface area (Å²) in [4.78, 5) is 15.5. The lowest BCUT2D eigenvalue weighted by molar-refractivity contribution is -0.387. The predicted molar refractivity (Wildman–Crippen MR) is 98.5 cm³/mol. The Hall–Kier alpha value is -2.26. The first-order chi connectivity index (χ1) is 12.1. The first-order valence-electron chi connectivity index (χ1n) is 7.55. The molecular formula is C16H14BrN5O2S. The van der Waals surface area contributed by atoms with Gasteiger partial charge in [-0.25, -0.2) is 0 Å². The van der Waals surface area contributed by atoms with Gasteiger partial charge in [-0.1, -0.05) is 22.9 Å². The van der Waals surface area contributed by atoms with Gasteiger partial charge >= 0.3 is 0 Å². The molecule has 0 aliphatic rings. The van der Waals surface area contributed by atoms with Crippen molar-refractivity contribution in [3.63, 3.8) is 0 Å². The number of hydrogen-bond donors (Lipinski definition) is 0. The van der Waals surface area contributed by atoms with Crippen molar-refractivity contribution in [3.8, 4) is 11.4 Å². The summed E-state index contributed by atoms with van der Waals surface area (Å²) in [7, 11) is 0. The lowest BCUT2D eigenvalue weighted by Crippen LogP contribution is -2.02. The van der Waals surface area contributed by atoms with Gasteiger partial charge in [-0.15, -0.1) is 10.2 Å². The summed E-state index contributed by atoms with van der Waals surface area (Å²) in [6, 6.07) is 8.72. The van der Waals surface area contributed by atoms with E-state index in [1.807, 2.05) is 16.7 Å². The van der Waals surface area contributed by atoms with Gasteiger partial charge in [0.2, 0.25) is 0 Å². The number of benzene rings is 1. The smallest absolute Gasteiger partial charge is 0.284 e. The van der Waals surface area contributed by atoms with Gasteiger partial charge < -0.3 is 4.57 Å². The van der Waals surface area contributed by atoms with Crippen LogP contribution in [0.1, 0.15) is 13.3 Å². The van der Waals surface area contributed by atoms with Gasteiger partial charge in [-0.3, -0.25) is 15.1 Å². The van der Waals surface area contributed by atoms with Crippen molar-refractivity contribution in [2.75, 3.05) is 0 Å². The Morgan fingerprint density at radius 3 is 2.68 bits per heavy atom. The number of nitro groups is 1. The number of pyridine rings is 1. The van der Waals surface area contributed by atoms with Crippen LogP contribution >= 0.6 is 27.7 Å². The standard InChI is InChI=1S/C16H14BrN5O2S/c1-2-9-21-15(11-5-7-18-8-6-11)19-20-16(21)25-14-4-3-12(17)10-13(14)22(23)24/h3-8,10H,2,9H2,1H3. The SMILES string of the molecule is CCCn1c(Sc2ccc(Br)cc2[N+](=O)[O-])nnc1-c1ccncc1. The molecule has 25 heavy (non-hydrogen) atoms. The molecule has 0 N–H and O–H groups in total. The number of rotatable bonds is 6. The predicted octanol–water partition coefficient (Wildman–Crippen LogP) is 4.57. The molecule has 2 aromatic heterocycles. The molecule has 0 aliphatic heterocycles. The van der Waals surface area contributed by atoms with Crippen molar-refractivity contribution in [2.24, 2.45) is 0 Å². The van der Waals surface area contributed by atoms with Crippen LogP contribution in [0, 0.1) is 10.1 Å². The summed E-state index contributed by atoms with van der Waals surface area (Å²) >= 11 is 4.52. The van der Waals surface area contributed by atoms with Crippen molar-refractivity contribution in [1.29, 1.82) is 0 Å². The normalized spacial score (nSPS) is 10.8. The zero-order chi connectivity index (χ0) is 17.8. The van der Waals surface area contributed by atoms with Gasteiger partial charge in [0.25, 0.3) is 5.69 Å². The molecule has 0 unspecified atom stereocenters. The first-order valence-corrected chi connectivity index (χ1v) is 9.16. The molecule has 1 aromatic carbocycles. The molecule has 0 radical (unpaired) electrons. The lowest BCUT2D eigenvalue weighted by Gasteiger charge is -2.09. The third-order valence-corrected chi connectivity index (χ3v) is 4.96. The van der Waals surface area contributed by atoms with Crippen molar-refractivity contribution in [2.45, 2.75) is 29.9 Å². The molecule has 0 saturated heterocycles. The average Bonchev–Trinajstić information content (AvgIpc) is 3.00. The monoisotopic (exact) mass is 419 g/mol. The van der Waals surface area contributed by atoms with Gasteiger partial charge in [0, 0.05) is 35.0 Å². The van der Waals surface area contributed by atoms with Crippen LogP contribution in [0.2, 0.25) is 0 Å². The van der Waals surface area contributed by atoms with E-state index >= 15 is 0 Å². The van der Waals surface area contributed by atoms with E-state index in [0.29, 0.717) is 14.5 Å². The van der Waals surface area contributed by atoms with E-state index in [0.717, 1.165) is 24.4 Å². The van der Waals surface area contributed by atoms with Gasteiger partial charge in [0.15, 0.2) is 11.0 Å². The highest BCUT2D eigenvalue weighted by atomic mass is 79.9. The molecule has 2 heterocycles. The zero-order valence-electron chi connectivity index (χ0n) is 13.3. The fourth-order valence-electron chi connectivity index (χ4n) is 2.32. The summed E-state index contributed by atoms with van der Waals surface area (Å²) in [5, 5.41) is 20.5. The maximum atomic E-state index is 11.3. The molecule has 3 aromatic rings. The number of aromatic nitrogens is 4. The molecular weight excluding hydrogens is 406 g/mol. The highest BCUT2D eigenvalue weighted by Crippen LogP contribution is 2.36. The lowest BCUT2D eigenvalue weighted by atomic mass is 10.2. The summed E-state index contributed by atoms with van der Waals surface area (Å²) < 4.78 is 2.64.